The lowest BCUT2D eigenvalue weighted by Crippen LogP contribution is -2.32. The first kappa shape index (κ1) is 13.6. The van der Waals surface area contributed by atoms with Crippen LogP contribution < -0.4 is 10.6 Å². The molecule has 0 aliphatic carbocycles. The molecule has 0 atom stereocenters. The van der Waals surface area contributed by atoms with Gasteiger partial charge in [-0.1, -0.05) is 18.2 Å². The second kappa shape index (κ2) is 5.89. The van der Waals surface area contributed by atoms with Crippen molar-refractivity contribution in [3.05, 3.63) is 36.0 Å². The zero-order valence-electron chi connectivity index (χ0n) is 11.7. The highest BCUT2D eigenvalue weighted by atomic mass is 16.2. The maximum absolute atomic E-state index is 11.9. The number of nitrogens with zero attached hydrogens (tertiary/aromatic N) is 1. The van der Waals surface area contributed by atoms with Crippen molar-refractivity contribution in [3.63, 3.8) is 0 Å². The van der Waals surface area contributed by atoms with Gasteiger partial charge in [-0.25, -0.2) is 0 Å². The summed E-state index contributed by atoms with van der Waals surface area (Å²) < 4.78 is 2.01. The van der Waals surface area contributed by atoms with Crippen LogP contribution in [0.3, 0.4) is 0 Å². The Hall–Kier alpha value is -1.81. The van der Waals surface area contributed by atoms with Gasteiger partial charge in [0.25, 0.3) is 0 Å². The Balaban J connectivity index is 2.30. The highest BCUT2D eigenvalue weighted by Crippen LogP contribution is 2.21. The zero-order chi connectivity index (χ0) is 13.8. The van der Waals surface area contributed by atoms with E-state index in [9.17, 15) is 4.79 Å². The van der Waals surface area contributed by atoms with Crippen molar-refractivity contribution in [1.82, 2.24) is 15.2 Å². The molecule has 0 aliphatic heterocycles. The molecule has 0 radical (unpaired) electrons. The number of carbonyl (C=O) groups excluding carboxylic acids is 1. The highest BCUT2D eigenvalue weighted by Gasteiger charge is 2.10. The zero-order valence-corrected chi connectivity index (χ0v) is 11.7. The van der Waals surface area contributed by atoms with Crippen LogP contribution in [-0.2, 0) is 17.9 Å². The summed E-state index contributed by atoms with van der Waals surface area (Å²) in [6.07, 6.45) is 2.06. The van der Waals surface area contributed by atoms with Crippen molar-refractivity contribution in [2.75, 3.05) is 7.05 Å². The van der Waals surface area contributed by atoms with Crippen LogP contribution in [0.4, 0.5) is 0 Å². The third-order valence-electron chi connectivity index (χ3n) is 3.00. The van der Waals surface area contributed by atoms with Crippen LogP contribution in [0, 0.1) is 0 Å². The van der Waals surface area contributed by atoms with E-state index in [0.717, 1.165) is 12.1 Å². The average Bonchev–Trinajstić information content (AvgIpc) is 2.68. The summed E-state index contributed by atoms with van der Waals surface area (Å²) in [7, 11) is 1.93. The molecule has 1 aromatic carbocycles. The number of amides is 1. The second-order valence-electron chi connectivity index (χ2n) is 5.05. The predicted octanol–water partition coefficient (Wildman–Crippen LogP) is 1.89. The maximum atomic E-state index is 11.9. The van der Waals surface area contributed by atoms with Crippen molar-refractivity contribution in [2.45, 2.75) is 33.0 Å². The van der Waals surface area contributed by atoms with Gasteiger partial charge in [-0.15, -0.1) is 0 Å². The fourth-order valence-electron chi connectivity index (χ4n) is 2.31. The van der Waals surface area contributed by atoms with Crippen LogP contribution in [-0.4, -0.2) is 23.6 Å². The molecule has 102 valence electrons. The summed E-state index contributed by atoms with van der Waals surface area (Å²) in [5.74, 6) is 0.0479. The minimum atomic E-state index is 0.0479. The standard InChI is InChI=1S/C15H21N3O/c1-11(2)17-15(19)10-18-9-12(8-16-3)13-6-4-5-7-14(13)18/h4-7,9,11,16H,8,10H2,1-3H3,(H,17,19). The van der Waals surface area contributed by atoms with Crippen LogP contribution in [0.2, 0.25) is 0 Å². The number of nitrogens with one attached hydrogen (secondary N) is 2. The number of hydrogen-bond acceptors (Lipinski definition) is 2. The number of fused-ring (bicyclic) bond motifs is 1. The molecule has 1 amide bonds. The Morgan fingerprint density at radius 1 is 1.32 bits per heavy atom. The molecule has 2 aromatic rings. The second-order valence-corrected chi connectivity index (χ2v) is 5.05. The largest absolute Gasteiger partial charge is 0.352 e. The van der Waals surface area contributed by atoms with Crippen LogP contribution >= 0.6 is 0 Å². The molecule has 19 heavy (non-hydrogen) atoms. The van der Waals surface area contributed by atoms with Gasteiger partial charge in [0, 0.05) is 29.7 Å². The average molecular weight is 259 g/mol. The van der Waals surface area contributed by atoms with Crippen molar-refractivity contribution in [1.29, 1.82) is 0 Å². The molecule has 0 unspecified atom stereocenters. The van der Waals surface area contributed by atoms with E-state index in [2.05, 4.69) is 29.0 Å². The maximum Gasteiger partial charge on any atom is 0.240 e. The molecule has 1 heterocycles. The Bertz CT molecular complexity index is 572. The Morgan fingerprint density at radius 3 is 2.74 bits per heavy atom. The summed E-state index contributed by atoms with van der Waals surface area (Å²) in [5, 5.41) is 7.29. The molecule has 0 saturated carbocycles. The molecular weight excluding hydrogens is 238 g/mol. The highest BCUT2D eigenvalue weighted by molar-refractivity contribution is 5.86. The smallest absolute Gasteiger partial charge is 0.240 e. The van der Waals surface area contributed by atoms with E-state index in [-0.39, 0.29) is 11.9 Å². The van der Waals surface area contributed by atoms with Gasteiger partial charge in [0.15, 0.2) is 0 Å². The summed E-state index contributed by atoms with van der Waals surface area (Å²) in [4.78, 5) is 11.9. The van der Waals surface area contributed by atoms with Gasteiger partial charge in [0.05, 0.1) is 0 Å². The molecule has 0 aliphatic rings. The van der Waals surface area contributed by atoms with Gasteiger partial charge in [0.2, 0.25) is 5.91 Å². The topological polar surface area (TPSA) is 46.1 Å². The molecule has 0 fully saturated rings. The Morgan fingerprint density at radius 2 is 2.05 bits per heavy atom. The summed E-state index contributed by atoms with van der Waals surface area (Å²) in [6.45, 7) is 5.11. The molecule has 1 aromatic heterocycles. The van der Waals surface area contributed by atoms with E-state index in [1.165, 1.54) is 10.9 Å². The van der Waals surface area contributed by atoms with Gasteiger partial charge in [0.1, 0.15) is 6.54 Å². The number of aromatic nitrogens is 1. The number of rotatable bonds is 5. The molecule has 0 saturated heterocycles. The SMILES string of the molecule is CNCc1cn(CC(=O)NC(C)C)c2ccccc12. The molecule has 4 heteroatoms. The van der Waals surface area contributed by atoms with Crippen LogP contribution in [0.25, 0.3) is 10.9 Å². The van der Waals surface area contributed by atoms with Gasteiger partial charge < -0.3 is 15.2 Å². The van der Waals surface area contributed by atoms with Crippen LogP contribution in [0.5, 0.6) is 0 Å². The molecular formula is C15H21N3O. The lowest BCUT2D eigenvalue weighted by Gasteiger charge is -2.09. The summed E-state index contributed by atoms with van der Waals surface area (Å²) in [5.41, 5.74) is 2.32. The van der Waals surface area contributed by atoms with Crippen LogP contribution in [0.15, 0.2) is 30.5 Å². The third kappa shape index (κ3) is 3.15. The van der Waals surface area contributed by atoms with E-state index < -0.39 is 0 Å². The van der Waals surface area contributed by atoms with E-state index in [1.807, 2.05) is 37.6 Å². The van der Waals surface area contributed by atoms with Gasteiger partial charge in [-0.3, -0.25) is 4.79 Å². The van der Waals surface area contributed by atoms with Crippen molar-refractivity contribution < 1.29 is 4.79 Å². The fourth-order valence-corrected chi connectivity index (χ4v) is 2.31. The Labute approximate surface area is 113 Å². The van der Waals surface area contributed by atoms with Crippen molar-refractivity contribution >= 4 is 16.8 Å². The van der Waals surface area contributed by atoms with E-state index in [1.54, 1.807) is 0 Å². The number of benzene rings is 1. The van der Waals surface area contributed by atoms with Crippen molar-refractivity contribution in [3.8, 4) is 0 Å². The number of hydrogen-bond donors (Lipinski definition) is 2. The summed E-state index contributed by atoms with van der Waals surface area (Å²) in [6, 6.07) is 8.35. The van der Waals surface area contributed by atoms with Crippen molar-refractivity contribution in [2.24, 2.45) is 0 Å². The number of para-hydroxylation sites is 1. The van der Waals surface area contributed by atoms with E-state index in [4.69, 9.17) is 0 Å². The first-order valence-corrected chi connectivity index (χ1v) is 6.62. The molecule has 4 nitrogen and oxygen atoms in total. The molecule has 2 N–H and O–H groups in total. The van der Waals surface area contributed by atoms with Gasteiger partial charge >= 0.3 is 0 Å². The predicted molar refractivity (Wildman–Crippen MR) is 78.0 cm³/mol. The molecule has 2 rings (SSSR count). The minimum Gasteiger partial charge on any atom is -0.352 e. The quantitative estimate of drug-likeness (QED) is 0.861. The third-order valence-corrected chi connectivity index (χ3v) is 3.00. The van der Waals surface area contributed by atoms with E-state index >= 15 is 0 Å². The first-order valence-electron chi connectivity index (χ1n) is 6.62. The monoisotopic (exact) mass is 259 g/mol. The van der Waals surface area contributed by atoms with Crippen LogP contribution in [0.1, 0.15) is 19.4 Å². The van der Waals surface area contributed by atoms with E-state index in [0.29, 0.717) is 6.54 Å². The Kier molecular flexibility index (Phi) is 4.22. The lowest BCUT2D eigenvalue weighted by molar-refractivity contribution is -0.122. The minimum absolute atomic E-state index is 0.0479. The normalized spacial score (nSPS) is 11.2. The number of carbonyl (C=O) groups is 1. The lowest BCUT2D eigenvalue weighted by atomic mass is 10.2. The molecule has 0 spiro atoms. The summed E-state index contributed by atoms with van der Waals surface area (Å²) >= 11 is 0. The molecule has 0 bridgehead atoms. The van der Waals surface area contributed by atoms with Gasteiger partial charge in [-0.05, 0) is 32.5 Å². The fraction of sp³-hybridized carbons (Fsp3) is 0.400. The first-order chi connectivity index (χ1) is 9.11. The van der Waals surface area contributed by atoms with Gasteiger partial charge in [-0.2, -0.15) is 0 Å².